The molecule has 0 saturated heterocycles. The van der Waals surface area contributed by atoms with Crippen LogP contribution in [0.25, 0.3) is 0 Å². The number of hydrogen-bond donors (Lipinski definition) is 1. The highest BCUT2D eigenvalue weighted by Gasteiger charge is 2.46. The van der Waals surface area contributed by atoms with E-state index < -0.39 is 29.9 Å². The van der Waals surface area contributed by atoms with Crippen LogP contribution < -0.4 is 10.4 Å². The van der Waals surface area contributed by atoms with Gasteiger partial charge in [-0.2, -0.15) is 18.3 Å². The van der Waals surface area contributed by atoms with E-state index in [9.17, 15) is 23.1 Å². The maximum absolute atomic E-state index is 13.2. The molecule has 5 nitrogen and oxygen atoms in total. The molecule has 0 aromatic carbocycles. The third-order valence-electron chi connectivity index (χ3n) is 3.29. The van der Waals surface area contributed by atoms with Crippen LogP contribution >= 0.6 is 11.3 Å². The smallest absolute Gasteiger partial charge is 0.410 e. The van der Waals surface area contributed by atoms with Crippen LogP contribution in [0.4, 0.5) is 19.0 Å². The Bertz CT molecular complexity index is 666. The summed E-state index contributed by atoms with van der Waals surface area (Å²) >= 11 is 1.34. The average molecular weight is 316 g/mol. The van der Waals surface area contributed by atoms with Crippen LogP contribution in [-0.4, -0.2) is 21.9 Å². The lowest BCUT2D eigenvalue weighted by Gasteiger charge is -2.32. The predicted octanol–water partition coefficient (Wildman–Crippen LogP) is 1.97. The first-order valence-corrected chi connectivity index (χ1v) is 6.92. The molecule has 3 rings (SSSR count). The first-order valence-electron chi connectivity index (χ1n) is 6.04. The van der Waals surface area contributed by atoms with Crippen molar-refractivity contribution in [1.82, 2.24) is 9.78 Å². The van der Waals surface area contributed by atoms with Gasteiger partial charge >= 0.3 is 6.18 Å². The molecule has 0 unspecified atom stereocenters. The third-order valence-corrected chi connectivity index (χ3v) is 4.27. The molecular formula is C12H9F3N3O2S-. The number of nitrogens with zero attached hydrogens (tertiary/aromatic N) is 2. The van der Waals surface area contributed by atoms with Crippen molar-refractivity contribution < 1.29 is 23.1 Å². The number of carbonyl (C=O) groups is 1. The summed E-state index contributed by atoms with van der Waals surface area (Å²) in [5.74, 6) is -1.58. The van der Waals surface area contributed by atoms with Crippen LogP contribution in [0.15, 0.2) is 23.6 Å². The quantitative estimate of drug-likeness (QED) is 0.919. The molecule has 0 spiro atoms. The van der Waals surface area contributed by atoms with Gasteiger partial charge in [0.1, 0.15) is 11.5 Å². The van der Waals surface area contributed by atoms with E-state index in [1.165, 1.54) is 11.3 Å². The number of rotatable bonds is 2. The highest BCUT2D eigenvalue weighted by atomic mass is 32.1. The number of halogens is 3. The molecule has 2 atom stereocenters. The number of nitrogens with one attached hydrogen (secondary N) is 1. The number of hydrogen-bond acceptors (Lipinski definition) is 5. The number of carboxylic acids is 1. The van der Waals surface area contributed by atoms with E-state index in [1.54, 1.807) is 17.5 Å². The van der Waals surface area contributed by atoms with Gasteiger partial charge in [-0.1, -0.05) is 6.07 Å². The van der Waals surface area contributed by atoms with Gasteiger partial charge in [0.05, 0.1) is 12.0 Å². The lowest BCUT2D eigenvalue weighted by atomic mass is 10.0. The van der Waals surface area contributed by atoms with E-state index in [0.29, 0.717) is 4.68 Å². The molecule has 2 aromatic rings. The van der Waals surface area contributed by atoms with Gasteiger partial charge < -0.3 is 15.2 Å². The molecule has 9 heteroatoms. The Morgan fingerprint density at radius 3 is 2.86 bits per heavy atom. The Morgan fingerprint density at radius 2 is 2.29 bits per heavy atom. The van der Waals surface area contributed by atoms with Gasteiger partial charge in [0.2, 0.25) is 0 Å². The maximum atomic E-state index is 13.2. The number of aromatic nitrogens is 2. The van der Waals surface area contributed by atoms with Gasteiger partial charge in [0.25, 0.3) is 0 Å². The summed E-state index contributed by atoms with van der Waals surface area (Å²) in [6.45, 7) is 0. The summed E-state index contributed by atoms with van der Waals surface area (Å²) in [7, 11) is 0. The van der Waals surface area contributed by atoms with Crippen molar-refractivity contribution in [3.05, 3.63) is 34.2 Å². The van der Waals surface area contributed by atoms with Crippen molar-refractivity contribution in [1.29, 1.82) is 0 Å². The molecule has 21 heavy (non-hydrogen) atoms. The van der Waals surface area contributed by atoms with E-state index >= 15 is 0 Å². The van der Waals surface area contributed by atoms with Crippen molar-refractivity contribution in [2.75, 3.05) is 5.32 Å². The topological polar surface area (TPSA) is 70.0 Å². The number of carbonyl (C=O) groups excluding carboxylic acids is 1. The molecule has 0 radical (unpaired) electrons. The second kappa shape index (κ2) is 4.76. The van der Waals surface area contributed by atoms with Crippen LogP contribution in [0.1, 0.15) is 33.9 Å². The Hall–Kier alpha value is -2.03. The number of fused-ring (bicyclic) bond motifs is 1. The summed E-state index contributed by atoms with van der Waals surface area (Å²) in [5, 5.41) is 19.0. The van der Waals surface area contributed by atoms with Gasteiger partial charge in [-0.3, -0.25) is 0 Å². The lowest BCUT2D eigenvalue weighted by molar-refractivity contribution is -0.255. The molecule has 0 saturated carbocycles. The van der Waals surface area contributed by atoms with Crippen molar-refractivity contribution >= 4 is 23.1 Å². The van der Waals surface area contributed by atoms with Gasteiger partial charge in [0, 0.05) is 17.4 Å². The fourth-order valence-electron chi connectivity index (χ4n) is 2.35. The van der Waals surface area contributed by atoms with Crippen molar-refractivity contribution in [3.63, 3.8) is 0 Å². The molecule has 0 amide bonds. The third kappa shape index (κ3) is 2.48. The zero-order valence-electron chi connectivity index (χ0n) is 10.4. The first kappa shape index (κ1) is 13.9. The number of anilines is 1. The van der Waals surface area contributed by atoms with Gasteiger partial charge in [-0.25, -0.2) is 4.68 Å². The SMILES string of the molecule is O=C([O-])c1cc2n(n1)[C@@H](C(F)(F)F)C[C@@H](c1cccs1)N2. The average Bonchev–Trinajstić information content (AvgIpc) is 3.05. The van der Waals surface area contributed by atoms with Crippen LogP contribution in [0.2, 0.25) is 0 Å². The van der Waals surface area contributed by atoms with Crippen molar-refractivity contribution in [2.24, 2.45) is 0 Å². The Morgan fingerprint density at radius 1 is 1.52 bits per heavy atom. The van der Waals surface area contributed by atoms with Crippen molar-refractivity contribution in [2.45, 2.75) is 24.7 Å². The van der Waals surface area contributed by atoms with Gasteiger partial charge in [-0.15, -0.1) is 11.3 Å². The standard InChI is InChI=1S/C12H10F3N3O2S/c13-12(14,15)9-4-6(8-2-1-3-21-8)16-10-5-7(11(19)20)17-18(9)10/h1-3,5-6,9,16H,4H2,(H,19,20)/p-1/t6-,9+/m0/s1. The summed E-state index contributed by atoms with van der Waals surface area (Å²) in [4.78, 5) is 11.5. The van der Waals surface area contributed by atoms with Crippen LogP contribution in [0, 0.1) is 0 Å². The second-order valence-corrected chi connectivity index (χ2v) is 5.63. The van der Waals surface area contributed by atoms with Gasteiger partial charge in [-0.05, 0) is 11.4 Å². The van der Waals surface area contributed by atoms with Crippen LogP contribution in [-0.2, 0) is 0 Å². The van der Waals surface area contributed by atoms with Crippen LogP contribution in [0.5, 0.6) is 0 Å². The molecule has 0 aliphatic carbocycles. The Balaban J connectivity index is 2.03. The fourth-order valence-corrected chi connectivity index (χ4v) is 3.14. The summed E-state index contributed by atoms with van der Waals surface area (Å²) in [6.07, 6.45) is -4.76. The highest BCUT2D eigenvalue weighted by Crippen LogP contribution is 2.44. The predicted molar refractivity (Wildman–Crippen MR) is 66.9 cm³/mol. The number of alkyl halides is 3. The lowest BCUT2D eigenvalue weighted by Crippen LogP contribution is -2.35. The number of aromatic carboxylic acids is 1. The van der Waals surface area contributed by atoms with E-state index in [0.717, 1.165) is 10.9 Å². The van der Waals surface area contributed by atoms with E-state index in [-0.39, 0.29) is 12.2 Å². The minimum Gasteiger partial charge on any atom is -0.543 e. The minimum absolute atomic E-state index is 0.0289. The molecule has 0 fully saturated rings. The second-order valence-electron chi connectivity index (χ2n) is 4.65. The molecule has 1 aliphatic heterocycles. The molecule has 1 aliphatic rings. The fraction of sp³-hybridized carbons (Fsp3) is 0.333. The number of carboxylic acid groups (broad SMARTS) is 1. The van der Waals surface area contributed by atoms with Crippen molar-refractivity contribution in [3.8, 4) is 0 Å². The number of thiophene rings is 1. The van der Waals surface area contributed by atoms with E-state index in [1.807, 2.05) is 0 Å². The molecule has 112 valence electrons. The maximum Gasteiger partial charge on any atom is 0.410 e. The Labute approximate surface area is 121 Å². The summed E-state index contributed by atoms with van der Waals surface area (Å²) in [6, 6.07) is 2.15. The summed E-state index contributed by atoms with van der Waals surface area (Å²) in [5.41, 5.74) is -0.515. The first-order chi connectivity index (χ1) is 9.86. The minimum atomic E-state index is -4.51. The largest absolute Gasteiger partial charge is 0.543 e. The molecule has 2 aromatic heterocycles. The van der Waals surface area contributed by atoms with Crippen LogP contribution in [0.3, 0.4) is 0 Å². The highest BCUT2D eigenvalue weighted by molar-refractivity contribution is 7.10. The molecule has 0 bridgehead atoms. The normalized spacial score (nSPS) is 21.7. The van der Waals surface area contributed by atoms with E-state index in [4.69, 9.17) is 0 Å². The Kier molecular flexibility index (Phi) is 3.16. The van der Waals surface area contributed by atoms with E-state index in [2.05, 4.69) is 10.4 Å². The monoisotopic (exact) mass is 316 g/mol. The zero-order valence-corrected chi connectivity index (χ0v) is 11.2. The van der Waals surface area contributed by atoms with Gasteiger partial charge in [0.15, 0.2) is 6.04 Å². The molecule has 3 heterocycles. The summed E-state index contributed by atoms with van der Waals surface area (Å²) < 4.78 is 40.3. The molecule has 1 N–H and O–H groups in total. The zero-order chi connectivity index (χ0) is 15.2. The molecular weight excluding hydrogens is 307 g/mol.